The first-order chi connectivity index (χ1) is 9.26. The summed E-state index contributed by atoms with van der Waals surface area (Å²) in [5, 5.41) is 0. The number of methoxy groups -OCH3 is 1. The molecule has 1 aromatic carbocycles. The molecule has 0 radical (unpaired) electrons. The van der Waals surface area contributed by atoms with E-state index in [9.17, 15) is 0 Å². The van der Waals surface area contributed by atoms with E-state index in [0.29, 0.717) is 13.2 Å². The molecule has 0 amide bonds. The maximum atomic E-state index is 5.95. The highest BCUT2D eigenvalue weighted by Crippen LogP contribution is 2.23. The fourth-order valence-electron chi connectivity index (χ4n) is 2.22. The maximum Gasteiger partial charge on any atom is 0.119 e. The average Bonchev–Trinajstić information content (AvgIpc) is 2.44. The summed E-state index contributed by atoms with van der Waals surface area (Å²) in [5.41, 5.74) is 7.15. The Bertz CT molecular complexity index is 358. The van der Waals surface area contributed by atoms with E-state index in [4.69, 9.17) is 15.2 Å². The molecule has 1 unspecified atom stereocenters. The topological polar surface area (TPSA) is 47.7 Å². The largest absolute Gasteiger partial charge is 0.494 e. The highest BCUT2D eigenvalue weighted by Gasteiger charge is 2.17. The average molecular weight is 266 g/mol. The standard InChI is InChI=1S/C15H26N2O2/c1-4-17(9-10-18-3)15(12-16)13-7-6-8-14(11-13)19-5-2/h6-8,11,15H,4-5,9-10,12,16H2,1-3H3. The number of likely N-dealkylation sites (N-methyl/N-ethyl adjacent to an activating group) is 1. The quantitative estimate of drug-likeness (QED) is 0.743. The Hall–Kier alpha value is -1.10. The zero-order valence-corrected chi connectivity index (χ0v) is 12.3. The molecule has 2 N–H and O–H groups in total. The van der Waals surface area contributed by atoms with Crippen LogP contribution in [0.15, 0.2) is 24.3 Å². The lowest BCUT2D eigenvalue weighted by Gasteiger charge is -2.30. The van der Waals surface area contributed by atoms with Crippen LogP contribution in [-0.2, 0) is 4.74 Å². The number of nitrogens with zero attached hydrogens (tertiary/aromatic N) is 1. The molecule has 0 aliphatic heterocycles. The lowest BCUT2D eigenvalue weighted by Crippen LogP contribution is -2.36. The summed E-state index contributed by atoms with van der Waals surface area (Å²) >= 11 is 0. The second-order valence-corrected chi connectivity index (χ2v) is 4.38. The molecule has 0 aliphatic rings. The summed E-state index contributed by atoms with van der Waals surface area (Å²) in [4.78, 5) is 2.33. The first-order valence-corrected chi connectivity index (χ1v) is 6.92. The molecule has 1 atom stereocenters. The van der Waals surface area contributed by atoms with E-state index in [0.717, 1.165) is 25.4 Å². The molecule has 0 fully saturated rings. The Labute approximate surface area is 116 Å². The van der Waals surface area contributed by atoms with Gasteiger partial charge < -0.3 is 15.2 Å². The molecule has 19 heavy (non-hydrogen) atoms. The summed E-state index contributed by atoms with van der Waals surface area (Å²) < 4.78 is 10.7. The van der Waals surface area contributed by atoms with E-state index in [-0.39, 0.29) is 6.04 Å². The molecular formula is C15H26N2O2. The number of rotatable bonds is 9. The highest BCUT2D eigenvalue weighted by atomic mass is 16.5. The molecule has 0 saturated heterocycles. The summed E-state index contributed by atoms with van der Waals surface area (Å²) in [6.45, 7) is 7.95. The third-order valence-electron chi connectivity index (χ3n) is 3.21. The van der Waals surface area contributed by atoms with Crippen molar-refractivity contribution in [2.45, 2.75) is 19.9 Å². The highest BCUT2D eigenvalue weighted by molar-refractivity contribution is 5.31. The monoisotopic (exact) mass is 266 g/mol. The van der Waals surface area contributed by atoms with Gasteiger partial charge in [0.25, 0.3) is 0 Å². The van der Waals surface area contributed by atoms with Crippen molar-refractivity contribution in [3.8, 4) is 5.75 Å². The van der Waals surface area contributed by atoms with Crippen LogP contribution < -0.4 is 10.5 Å². The van der Waals surface area contributed by atoms with Crippen molar-refractivity contribution in [3.05, 3.63) is 29.8 Å². The molecule has 0 saturated carbocycles. The summed E-state index contributed by atoms with van der Waals surface area (Å²) in [5.74, 6) is 0.904. The van der Waals surface area contributed by atoms with Gasteiger partial charge in [-0.1, -0.05) is 19.1 Å². The van der Waals surface area contributed by atoms with E-state index < -0.39 is 0 Å². The maximum absolute atomic E-state index is 5.95. The van der Waals surface area contributed by atoms with Crippen LogP contribution in [0.2, 0.25) is 0 Å². The molecule has 0 aromatic heterocycles. The fraction of sp³-hybridized carbons (Fsp3) is 0.600. The minimum atomic E-state index is 0.209. The Balaban J connectivity index is 2.84. The van der Waals surface area contributed by atoms with Crippen LogP contribution in [0.3, 0.4) is 0 Å². The van der Waals surface area contributed by atoms with Gasteiger partial charge in [-0.2, -0.15) is 0 Å². The second-order valence-electron chi connectivity index (χ2n) is 4.38. The van der Waals surface area contributed by atoms with Gasteiger partial charge >= 0.3 is 0 Å². The minimum Gasteiger partial charge on any atom is -0.494 e. The first kappa shape index (κ1) is 16.0. The van der Waals surface area contributed by atoms with Crippen LogP contribution in [0.5, 0.6) is 5.75 Å². The molecule has 4 nitrogen and oxygen atoms in total. The van der Waals surface area contributed by atoms with Crippen LogP contribution in [0.1, 0.15) is 25.5 Å². The van der Waals surface area contributed by atoms with Crippen molar-refractivity contribution in [1.82, 2.24) is 4.90 Å². The number of nitrogens with two attached hydrogens (primary N) is 1. The van der Waals surface area contributed by atoms with E-state index >= 15 is 0 Å². The van der Waals surface area contributed by atoms with Crippen molar-refractivity contribution in [2.75, 3.05) is 40.0 Å². The number of ether oxygens (including phenoxy) is 2. The van der Waals surface area contributed by atoms with Gasteiger partial charge in [0.15, 0.2) is 0 Å². The molecule has 108 valence electrons. The molecular weight excluding hydrogens is 240 g/mol. The van der Waals surface area contributed by atoms with Crippen LogP contribution in [0.25, 0.3) is 0 Å². The minimum absolute atomic E-state index is 0.209. The van der Waals surface area contributed by atoms with Crippen molar-refractivity contribution >= 4 is 0 Å². The van der Waals surface area contributed by atoms with Crippen LogP contribution in [-0.4, -0.2) is 44.9 Å². The van der Waals surface area contributed by atoms with Gasteiger partial charge in [0.2, 0.25) is 0 Å². The fourth-order valence-corrected chi connectivity index (χ4v) is 2.22. The van der Waals surface area contributed by atoms with Crippen molar-refractivity contribution in [1.29, 1.82) is 0 Å². The lowest BCUT2D eigenvalue weighted by atomic mass is 10.0. The van der Waals surface area contributed by atoms with Crippen molar-refractivity contribution < 1.29 is 9.47 Å². The second kappa shape index (κ2) is 8.91. The molecule has 1 aromatic rings. The molecule has 0 heterocycles. The van der Waals surface area contributed by atoms with E-state index in [1.54, 1.807) is 7.11 Å². The molecule has 0 aliphatic carbocycles. The zero-order valence-electron chi connectivity index (χ0n) is 12.3. The lowest BCUT2D eigenvalue weighted by molar-refractivity contribution is 0.125. The Morgan fingerprint density at radius 2 is 2.11 bits per heavy atom. The predicted molar refractivity (Wildman–Crippen MR) is 78.5 cm³/mol. The summed E-state index contributed by atoms with van der Waals surface area (Å²) in [7, 11) is 1.72. The number of benzene rings is 1. The molecule has 4 heteroatoms. The predicted octanol–water partition coefficient (Wildman–Crippen LogP) is 2.05. The Morgan fingerprint density at radius 1 is 1.32 bits per heavy atom. The number of hydrogen-bond donors (Lipinski definition) is 1. The van der Waals surface area contributed by atoms with Crippen molar-refractivity contribution in [2.24, 2.45) is 5.73 Å². The van der Waals surface area contributed by atoms with E-state index in [2.05, 4.69) is 24.0 Å². The molecule has 0 bridgehead atoms. The molecule has 1 rings (SSSR count). The van der Waals surface area contributed by atoms with Crippen molar-refractivity contribution in [3.63, 3.8) is 0 Å². The SMILES string of the molecule is CCOc1cccc(C(CN)N(CC)CCOC)c1. The smallest absolute Gasteiger partial charge is 0.119 e. The van der Waals surface area contributed by atoms with Crippen LogP contribution in [0, 0.1) is 0 Å². The summed E-state index contributed by atoms with van der Waals surface area (Å²) in [6.07, 6.45) is 0. The number of hydrogen-bond acceptors (Lipinski definition) is 4. The van der Waals surface area contributed by atoms with Gasteiger partial charge in [0.05, 0.1) is 13.2 Å². The zero-order chi connectivity index (χ0) is 14.1. The Morgan fingerprint density at radius 3 is 2.68 bits per heavy atom. The molecule has 0 spiro atoms. The van der Waals surface area contributed by atoms with Gasteiger partial charge in [-0.05, 0) is 31.2 Å². The van der Waals surface area contributed by atoms with Crippen LogP contribution in [0.4, 0.5) is 0 Å². The third-order valence-corrected chi connectivity index (χ3v) is 3.21. The van der Waals surface area contributed by atoms with Gasteiger partial charge in [-0.15, -0.1) is 0 Å². The summed E-state index contributed by atoms with van der Waals surface area (Å²) in [6, 6.07) is 8.39. The van der Waals surface area contributed by atoms with Gasteiger partial charge in [0, 0.05) is 26.2 Å². The first-order valence-electron chi connectivity index (χ1n) is 6.92. The normalized spacial score (nSPS) is 12.7. The third kappa shape index (κ3) is 4.82. The van der Waals surface area contributed by atoms with E-state index in [1.165, 1.54) is 5.56 Å². The van der Waals surface area contributed by atoms with Gasteiger partial charge in [-0.3, -0.25) is 4.90 Å². The Kier molecular flexibility index (Phi) is 7.48. The van der Waals surface area contributed by atoms with E-state index in [1.807, 2.05) is 19.1 Å². The van der Waals surface area contributed by atoms with Gasteiger partial charge in [0.1, 0.15) is 5.75 Å². The van der Waals surface area contributed by atoms with Gasteiger partial charge in [-0.25, -0.2) is 0 Å². The van der Waals surface area contributed by atoms with Crippen LogP contribution >= 0.6 is 0 Å².